The van der Waals surface area contributed by atoms with Crippen LogP contribution in [-0.4, -0.2) is 66.8 Å². The first-order valence-corrected chi connectivity index (χ1v) is 9.78. The molecule has 166 valence electrons. The van der Waals surface area contributed by atoms with Crippen molar-refractivity contribution in [2.45, 2.75) is 6.54 Å². The maximum absolute atomic E-state index is 11.5. The van der Waals surface area contributed by atoms with E-state index in [9.17, 15) is 10.1 Å². The molecule has 0 aliphatic heterocycles. The number of benzene rings is 1. The summed E-state index contributed by atoms with van der Waals surface area (Å²) in [5.74, 6) is 0.199. The molecule has 2 N–H and O–H groups in total. The molecule has 1 aromatic carbocycles. The van der Waals surface area contributed by atoms with Gasteiger partial charge in [-0.1, -0.05) is 0 Å². The molecule has 0 fully saturated rings. The number of aromatic nitrogens is 2. The van der Waals surface area contributed by atoms with Crippen LogP contribution in [0.15, 0.2) is 36.5 Å². The third kappa shape index (κ3) is 5.10. The summed E-state index contributed by atoms with van der Waals surface area (Å²) in [4.78, 5) is 18.0. The van der Waals surface area contributed by atoms with Gasteiger partial charge < -0.3 is 24.3 Å². The van der Waals surface area contributed by atoms with Gasteiger partial charge in [0.25, 0.3) is 0 Å². The predicted octanol–water partition coefficient (Wildman–Crippen LogP) is 2.60. The number of anilines is 1. The molecular weight excluding hydrogens is 402 g/mol. The average Bonchev–Trinajstić information content (AvgIpc) is 3.12. The molecule has 0 amide bonds. The fourth-order valence-corrected chi connectivity index (χ4v) is 3.39. The Hall–Kier alpha value is -3.21. The quantitative estimate of drug-likeness (QED) is 0.365. The van der Waals surface area contributed by atoms with Gasteiger partial charge in [0.1, 0.15) is 5.65 Å². The zero-order chi connectivity index (χ0) is 22.4. The second kappa shape index (κ2) is 10.2. The lowest BCUT2D eigenvalue weighted by atomic mass is 10.1. The number of hydrogen-bond donors (Lipinski definition) is 1. The number of nitro benzene ring substituents is 1. The van der Waals surface area contributed by atoms with Crippen LogP contribution in [0.2, 0.25) is 0 Å². The minimum Gasteiger partial charge on any atom is -0.490 e. The number of imidazole rings is 1. The smallest absolute Gasteiger partial charge is 0.311 e. The minimum absolute atomic E-state index is 0.113. The summed E-state index contributed by atoms with van der Waals surface area (Å²) in [7, 11) is 4.72. The summed E-state index contributed by atoms with van der Waals surface area (Å²) in [6.45, 7) is 3.04. The number of hydrogen-bond acceptors (Lipinski definition) is 8. The van der Waals surface area contributed by atoms with Crippen LogP contribution in [-0.2, 0) is 16.0 Å². The second-order valence-electron chi connectivity index (χ2n) is 7.00. The van der Waals surface area contributed by atoms with E-state index in [4.69, 9.17) is 24.9 Å². The molecule has 2 heterocycles. The van der Waals surface area contributed by atoms with Crippen molar-refractivity contribution in [1.82, 2.24) is 14.3 Å². The number of rotatable bonds is 11. The van der Waals surface area contributed by atoms with Gasteiger partial charge in [-0.05, 0) is 24.3 Å². The highest BCUT2D eigenvalue weighted by atomic mass is 16.6. The number of nitro groups is 1. The molecule has 0 saturated carbocycles. The lowest BCUT2D eigenvalue weighted by Crippen LogP contribution is -2.31. The van der Waals surface area contributed by atoms with Crippen molar-refractivity contribution in [2.24, 2.45) is 0 Å². The second-order valence-corrected chi connectivity index (χ2v) is 7.00. The Kier molecular flexibility index (Phi) is 7.40. The van der Waals surface area contributed by atoms with Crippen LogP contribution < -0.4 is 10.5 Å². The molecule has 3 aromatic rings. The SMILES string of the molecule is COCCN(CCOC)Cc1c(-c2ccc(OC)c([N+](=O)[O-])c2)nc2ccc(N)cn12. The molecule has 0 aliphatic carbocycles. The predicted molar refractivity (Wildman–Crippen MR) is 117 cm³/mol. The largest absolute Gasteiger partial charge is 0.490 e. The number of pyridine rings is 1. The molecular formula is C21H27N5O5. The van der Waals surface area contributed by atoms with Crippen molar-refractivity contribution >= 4 is 17.0 Å². The lowest BCUT2D eigenvalue weighted by Gasteiger charge is -2.22. The molecule has 10 heteroatoms. The van der Waals surface area contributed by atoms with Crippen LogP contribution in [0.1, 0.15) is 5.69 Å². The minimum atomic E-state index is -0.459. The van der Waals surface area contributed by atoms with Gasteiger partial charge in [0.2, 0.25) is 0 Å². The van der Waals surface area contributed by atoms with Crippen molar-refractivity contribution in [1.29, 1.82) is 0 Å². The van der Waals surface area contributed by atoms with Gasteiger partial charge in [-0.25, -0.2) is 4.98 Å². The summed E-state index contributed by atoms with van der Waals surface area (Å²) < 4.78 is 17.6. The molecule has 0 spiro atoms. The standard InChI is InChI=1S/C21H27N5O5/c1-29-10-8-24(9-11-30-2)14-18-21(23-20-7-5-16(22)13-25(18)20)15-4-6-19(31-3)17(12-15)26(27)28/h4-7,12-13H,8-11,14,22H2,1-3H3. The van der Waals surface area contributed by atoms with Gasteiger partial charge in [0, 0.05) is 57.4 Å². The highest BCUT2D eigenvalue weighted by molar-refractivity contribution is 5.71. The summed E-state index contributed by atoms with van der Waals surface area (Å²) in [6.07, 6.45) is 1.81. The summed E-state index contributed by atoms with van der Waals surface area (Å²) in [5.41, 5.74) is 9.36. The molecule has 31 heavy (non-hydrogen) atoms. The van der Waals surface area contributed by atoms with Crippen molar-refractivity contribution in [3.8, 4) is 17.0 Å². The van der Waals surface area contributed by atoms with Gasteiger partial charge >= 0.3 is 5.69 Å². The Morgan fingerprint density at radius 2 is 1.84 bits per heavy atom. The molecule has 0 saturated heterocycles. The van der Waals surface area contributed by atoms with Crippen LogP contribution >= 0.6 is 0 Å². The Morgan fingerprint density at radius 1 is 1.13 bits per heavy atom. The highest BCUT2D eigenvalue weighted by Gasteiger charge is 2.21. The first-order chi connectivity index (χ1) is 15.0. The molecule has 0 radical (unpaired) electrons. The van der Waals surface area contributed by atoms with Crippen LogP contribution in [0.4, 0.5) is 11.4 Å². The third-order valence-electron chi connectivity index (χ3n) is 4.99. The lowest BCUT2D eigenvalue weighted by molar-refractivity contribution is -0.385. The van der Waals surface area contributed by atoms with E-state index in [1.54, 1.807) is 32.4 Å². The molecule has 2 aromatic heterocycles. The summed E-state index contributed by atoms with van der Waals surface area (Å²) >= 11 is 0. The molecule has 0 unspecified atom stereocenters. The van der Waals surface area contributed by atoms with Crippen LogP contribution in [0.3, 0.4) is 0 Å². The molecule has 0 bridgehead atoms. The van der Waals surface area contributed by atoms with Crippen LogP contribution in [0.25, 0.3) is 16.9 Å². The normalized spacial score (nSPS) is 11.4. The summed E-state index contributed by atoms with van der Waals surface area (Å²) in [5, 5.41) is 11.5. The Bertz CT molecular complexity index is 1040. The number of fused-ring (bicyclic) bond motifs is 1. The van der Waals surface area contributed by atoms with Crippen molar-refractivity contribution in [3.05, 3.63) is 52.3 Å². The van der Waals surface area contributed by atoms with Gasteiger partial charge in [0.15, 0.2) is 5.75 Å². The van der Waals surface area contributed by atoms with Crippen molar-refractivity contribution < 1.29 is 19.1 Å². The Labute approximate surface area is 180 Å². The van der Waals surface area contributed by atoms with E-state index in [-0.39, 0.29) is 11.4 Å². The maximum Gasteiger partial charge on any atom is 0.311 e. The van der Waals surface area contributed by atoms with E-state index in [2.05, 4.69) is 4.90 Å². The fraction of sp³-hybridized carbons (Fsp3) is 0.381. The Balaban J connectivity index is 2.11. The van der Waals surface area contributed by atoms with Gasteiger partial charge in [-0.15, -0.1) is 0 Å². The number of nitrogens with zero attached hydrogens (tertiary/aromatic N) is 4. The van der Waals surface area contributed by atoms with E-state index >= 15 is 0 Å². The zero-order valence-corrected chi connectivity index (χ0v) is 17.9. The number of nitrogens with two attached hydrogens (primary N) is 1. The molecule has 3 rings (SSSR count). The zero-order valence-electron chi connectivity index (χ0n) is 17.9. The first-order valence-electron chi connectivity index (χ1n) is 9.78. The topological polar surface area (TPSA) is 117 Å². The van der Waals surface area contributed by atoms with Crippen molar-refractivity contribution in [3.63, 3.8) is 0 Å². The van der Waals surface area contributed by atoms with E-state index in [1.807, 2.05) is 16.7 Å². The summed E-state index contributed by atoms with van der Waals surface area (Å²) in [6, 6.07) is 8.45. The van der Waals surface area contributed by atoms with E-state index in [0.29, 0.717) is 55.4 Å². The average molecular weight is 429 g/mol. The number of nitrogen functional groups attached to an aromatic ring is 1. The Morgan fingerprint density at radius 3 is 2.45 bits per heavy atom. The van der Waals surface area contributed by atoms with E-state index < -0.39 is 4.92 Å². The maximum atomic E-state index is 11.5. The van der Waals surface area contributed by atoms with E-state index in [1.165, 1.54) is 13.2 Å². The fourth-order valence-electron chi connectivity index (χ4n) is 3.39. The van der Waals surface area contributed by atoms with E-state index in [0.717, 1.165) is 5.69 Å². The molecule has 10 nitrogen and oxygen atoms in total. The van der Waals surface area contributed by atoms with Crippen molar-refractivity contribution in [2.75, 3.05) is 53.4 Å². The highest BCUT2D eigenvalue weighted by Crippen LogP contribution is 2.34. The monoisotopic (exact) mass is 429 g/mol. The first kappa shape index (κ1) is 22.5. The van der Waals surface area contributed by atoms with Gasteiger partial charge in [0.05, 0.1) is 36.6 Å². The van der Waals surface area contributed by atoms with Crippen LogP contribution in [0.5, 0.6) is 5.75 Å². The van der Waals surface area contributed by atoms with Gasteiger partial charge in [-0.3, -0.25) is 15.0 Å². The number of methoxy groups -OCH3 is 3. The molecule has 0 aliphatic rings. The number of ether oxygens (including phenoxy) is 3. The van der Waals surface area contributed by atoms with Gasteiger partial charge in [-0.2, -0.15) is 0 Å². The third-order valence-corrected chi connectivity index (χ3v) is 4.99. The van der Waals surface area contributed by atoms with Crippen LogP contribution in [0, 0.1) is 10.1 Å². The molecule has 0 atom stereocenters.